The maximum atomic E-state index is 12.7. The molecule has 0 saturated heterocycles. The van der Waals surface area contributed by atoms with E-state index in [2.05, 4.69) is 9.72 Å². The second-order valence-corrected chi connectivity index (χ2v) is 2.95. The van der Waals surface area contributed by atoms with Crippen molar-refractivity contribution in [3.63, 3.8) is 0 Å². The molecule has 0 bridgehead atoms. The molecule has 1 N–H and O–H groups in total. The van der Waals surface area contributed by atoms with E-state index in [1.165, 1.54) is 13.0 Å². The lowest BCUT2D eigenvalue weighted by molar-refractivity contribution is 0.0507. The van der Waals surface area contributed by atoms with Gasteiger partial charge in [-0.05, 0) is 6.92 Å². The van der Waals surface area contributed by atoms with Crippen molar-refractivity contribution < 1.29 is 18.3 Å². The Hall–Kier alpha value is -2.23. The Bertz CT molecular complexity index is 531. The number of H-pyrrole nitrogens is 1. The van der Waals surface area contributed by atoms with Gasteiger partial charge >= 0.3 is 5.97 Å². The Morgan fingerprint density at radius 3 is 2.76 bits per heavy atom. The van der Waals surface area contributed by atoms with Crippen LogP contribution in [0.25, 0.3) is 0 Å². The van der Waals surface area contributed by atoms with Crippen LogP contribution in [0.4, 0.5) is 8.78 Å². The summed E-state index contributed by atoms with van der Waals surface area (Å²) in [5.74, 6) is -1.05. The molecule has 1 rings (SSSR count). The average Bonchev–Trinajstić information content (AvgIpc) is 2.28. The summed E-state index contributed by atoms with van der Waals surface area (Å²) in [6.07, 6.45) is -2.26. The summed E-state index contributed by atoms with van der Waals surface area (Å²) in [6, 6.07) is 1.46. The molecule has 0 spiro atoms. The van der Waals surface area contributed by atoms with E-state index in [1.807, 2.05) is 0 Å². The van der Waals surface area contributed by atoms with Gasteiger partial charge in [0, 0.05) is 6.20 Å². The van der Waals surface area contributed by atoms with Crippen LogP contribution in [-0.2, 0) is 4.74 Å². The van der Waals surface area contributed by atoms with Gasteiger partial charge in [0.2, 0.25) is 5.43 Å². The molecule has 0 unspecified atom stereocenters. The van der Waals surface area contributed by atoms with Gasteiger partial charge < -0.3 is 9.72 Å². The van der Waals surface area contributed by atoms with Gasteiger partial charge in [0.15, 0.2) is 0 Å². The fourth-order valence-electron chi connectivity index (χ4n) is 1.21. The minimum Gasteiger partial charge on any atom is -0.461 e. The number of pyridine rings is 1. The van der Waals surface area contributed by atoms with Gasteiger partial charge in [-0.2, -0.15) is 5.26 Å². The molecule has 1 heterocycles. The monoisotopic (exact) mass is 242 g/mol. The van der Waals surface area contributed by atoms with Crippen LogP contribution in [0.1, 0.15) is 35.0 Å². The Kier molecular flexibility index (Phi) is 3.93. The van der Waals surface area contributed by atoms with Crippen molar-refractivity contribution in [1.82, 2.24) is 4.98 Å². The summed E-state index contributed by atoms with van der Waals surface area (Å²) < 4.78 is 29.9. The Morgan fingerprint density at radius 2 is 2.29 bits per heavy atom. The van der Waals surface area contributed by atoms with Gasteiger partial charge in [0.25, 0.3) is 6.43 Å². The highest BCUT2D eigenvalue weighted by molar-refractivity contribution is 5.89. The molecule has 0 radical (unpaired) electrons. The average molecular weight is 242 g/mol. The number of nitrogens with one attached hydrogen (secondary N) is 1. The predicted molar refractivity (Wildman–Crippen MR) is 52.7 cm³/mol. The molecule has 5 nitrogen and oxygen atoms in total. The number of nitriles is 1. The fraction of sp³-hybridized carbons (Fsp3) is 0.300. The minimum absolute atomic E-state index is 0.0104. The molecule has 7 heteroatoms. The highest BCUT2D eigenvalue weighted by atomic mass is 19.3. The van der Waals surface area contributed by atoms with E-state index >= 15 is 0 Å². The molecule has 0 aliphatic heterocycles. The molecule has 90 valence electrons. The first-order valence-electron chi connectivity index (χ1n) is 4.63. The van der Waals surface area contributed by atoms with Crippen LogP contribution in [0.5, 0.6) is 0 Å². The topological polar surface area (TPSA) is 82.9 Å². The van der Waals surface area contributed by atoms with E-state index in [0.29, 0.717) is 0 Å². The lowest BCUT2D eigenvalue weighted by atomic mass is 10.1. The fourth-order valence-corrected chi connectivity index (χ4v) is 1.21. The molecule has 0 aliphatic carbocycles. The summed E-state index contributed by atoms with van der Waals surface area (Å²) >= 11 is 0. The number of aromatic amines is 1. The standard InChI is InChI=1S/C10H8F2N2O3/c1-2-17-10(16)7-6(9(11)12)8(15)5(3-13)4-14-7/h4,9H,2H2,1H3,(H,14,15). The first-order valence-corrected chi connectivity index (χ1v) is 4.63. The number of nitrogens with zero attached hydrogens (tertiary/aromatic N) is 1. The molecule has 0 atom stereocenters. The van der Waals surface area contributed by atoms with E-state index in [-0.39, 0.29) is 6.61 Å². The van der Waals surface area contributed by atoms with Crippen molar-refractivity contribution in [2.45, 2.75) is 13.3 Å². The van der Waals surface area contributed by atoms with Crippen molar-refractivity contribution in [3.05, 3.63) is 33.2 Å². The van der Waals surface area contributed by atoms with Crippen LogP contribution >= 0.6 is 0 Å². The zero-order chi connectivity index (χ0) is 13.0. The molecule has 1 aromatic rings. The summed E-state index contributed by atoms with van der Waals surface area (Å²) in [5, 5.41) is 8.53. The van der Waals surface area contributed by atoms with Crippen LogP contribution in [0.3, 0.4) is 0 Å². The van der Waals surface area contributed by atoms with Gasteiger partial charge in [0.05, 0.1) is 12.2 Å². The first kappa shape index (κ1) is 12.8. The van der Waals surface area contributed by atoms with E-state index in [0.717, 1.165) is 6.20 Å². The molecule has 0 amide bonds. The van der Waals surface area contributed by atoms with Crippen molar-refractivity contribution in [2.24, 2.45) is 0 Å². The number of halogens is 2. The zero-order valence-electron chi connectivity index (χ0n) is 8.79. The normalized spacial score (nSPS) is 10.1. The number of hydrogen-bond donors (Lipinski definition) is 1. The van der Waals surface area contributed by atoms with Crippen LogP contribution in [0.15, 0.2) is 11.0 Å². The number of carbonyl (C=O) groups excluding carboxylic acids is 1. The van der Waals surface area contributed by atoms with E-state index in [4.69, 9.17) is 5.26 Å². The minimum atomic E-state index is -3.16. The number of carbonyl (C=O) groups is 1. The van der Waals surface area contributed by atoms with E-state index in [1.54, 1.807) is 0 Å². The number of ether oxygens (including phenoxy) is 1. The predicted octanol–water partition coefficient (Wildman–Crippen LogP) is 1.36. The van der Waals surface area contributed by atoms with Crippen molar-refractivity contribution in [2.75, 3.05) is 6.61 Å². The van der Waals surface area contributed by atoms with Crippen LogP contribution in [-0.4, -0.2) is 17.6 Å². The van der Waals surface area contributed by atoms with E-state index in [9.17, 15) is 18.4 Å². The maximum Gasteiger partial charge on any atom is 0.355 e. The van der Waals surface area contributed by atoms with Crippen LogP contribution in [0.2, 0.25) is 0 Å². The third-order valence-electron chi connectivity index (χ3n) is 1.94. The molecule has 17 heavy (non-hydrogen) atoms. The maximum absolute atomic E-state index is 12.7. The number of alkyl halides is 2. The highest BCUT2D eigenvalue weighted by Gasteiger charge is 2.25. The third kappa shape index (κ3) is 2.47. The Morgan fingerprint density at radius 1 is 1.65 bits per heavy atom. The molecule has 0 fully saturated rings. The first-order chi connectivity index (χ1) is 8.02. The summed E-state index contributed by atoms with van der Waals surface area (Å²) in [6.45, 7) is 1.49. The SMILES string of the molecule is CCOC(=O)c1[nH]cc(C#N)c(=O)c1C(F)F. The molecule has 0 aromatic carbocycles. The summed E-state index contributed by atoms with van der Waals surface area (Å²) in [5.41, 5.74) is -3.30. The lowest BCUT2D eigenvalue weighted by Gasteiger charge is -2.07. The number of esters is 1. The highest BCUT2D eigenvalue weighted by Crippen LogP contribution is 2.19. The second kappa shape index (κ2) is 5.21. The quantitative estimate of drug-likeness (QED) is 0.811. The smallest absolute Gasteiger partial charge is 0.355 e. The van der Waals surface area contributed by atoms with Gasteiger partial charge in [-0.25, -0.2) is 13.6 Å². The van der Waals surface area contributed by atoms with Gasteiger partial charge in [-0.1, -0.05) is 0 Å². The molecule has 0 aliphatic rings. The number of rotatable bonds is 3. The second-order valence-electron chi connectivity index (χ2n) is 2.95. The number of hydrogen-bond acceptors (Lipinski definition) is 4. The van der Waals surface area contributed by atoms with Crippen molar-refractivity contribution >= 4 is 5.97 Å². The summed E-state index contributed by atoms with van der Waals surface area (Å²) in [4.78, 5) is 24.9. The largest absolute Gasteiger partial charge is 0.461 e. The molecule has 1 aromatic heterocycles. The van der Waals surface area contributed by atoms with Crippen LogP contribution < -0.4 is 5.43 Å². The number of aromatic nitrogens is 1. The van der Waals surface area contributed by atoms with E-state index < -0.39 is 34.6 Å². The van der Waals surface area contributed by atoms with Crippen LogP contribution in [0, 0.1) is 11.3 Å². The van der Waals surface area contributed by atoms with Gasteiger partial charge in [-0.3, -0.25) is 4.79 Å². The Labute approximate surface area is 94.6 Å². The molecular weight excluding hydrogens is 234 g/mol. The Balaban J connectivity index is 3.43. The van der Waals surface area contributed by atoms with Gasteiger partial charge in [-0.15, -0.1) is 0 Å². The van der Waals surface area contributed by atoms with Gasteiger partial charge in [0.1, 0.15) is 17.3 Å². The summed E-state index contributed by atoms with van der Waals surface area (Å²) in [7, 11) is 0. The lowest BCUT2D eigenvalue weighted by Crippen LogP contribution is -2.21. The third-order valence-corrected chi connectivity index (χ3v) is 1.94. The van der Waals surface area contributed by atoms with Crippen molar-refractivity contribution in [3.8, 4) is 6.07 Å². The van der Waals surface area contributed by atoms with Crippen molar-refractivity contribution in [1.29, 1.82) is 5.26 Å². The zero-order valence-corrected chi connectivity index (χ0v) is 8.79. The molecule has 0 saturated carbocycles. The molecular formula is C10H8F2N2O3.